The predicted molar refractivity (Wildman–Crippen MR) is 72.0 cm³/mol. The molecule has 0 aliphatic rings. The number of nitrogens with zero attached hydrogens (tertiary/aromatic N) is 2. The largest absolute Gasteiger partial charge is 0.342 e. The van der Waals surface area contributed by atoms with Gasteiger partial charge >= 0.3 is 5.97 Å². The standard InChI is InChI=1S/C11H11ClN2O4S/c1-14(2)11(16)19-9-4-3-7(5-8(9)12)6-10(15)18-13-17/h3-5H,6H2,1-2H3. The Hall–Kier alpha value is -1.60. The lowest BCUT2D eigenvalue weighted by Crippen LogP contribution is -2.16. The van der Waals surface area contributed by atoms with Crippen molar-refractivity contribution >= 4 is 34.6 Å². The number of halogens is 1. The molecule has 19 heavy (non-hydrogen) atoms. The molecule has 0 aromatic heterocycles. The SMILES string of the molecule is CN(C)C(=O)Sc1ccc(CC(=O)ON=O)cc1Cl. The van der Waals surface area contributed by atoms with Gasteiger partial charge in [-0.2, -0.15) is 0 Å². The van der Waals surface area contributed by atoms with E-state index in [1.807, 2.05) is 5.34 Å². The van der Waals surface area contributed by atoms with Crippen LogP contribution in [0, 0.1) is 4.91 Å². The van der Waals surface area contributed by atoms with Crippen molar-refractivity contribution in [3.63, 3.8) is 0 Å². The monoisotopic (exact) mass is 302 g/mol. The van der Waals surface area contributed by atoms with Crippen molar-refractivity contribution in [2.45, 2.75) is 11.3 Å². The molecule has 0 atom stereocenters. The fraction of sp³-hybridized carbons (Fsp3) is 0.273. The van der Waals surface area contributed by atoms with Crippen LogP contribution in [0.2, 0.25) is 5.02 Å². The quantitative estimate of drug-likeness (QED) is 0.485. The maximum Gasteiger partial charge on any atom is 0.342 e. The molecule has 0 bridgehead atoms. The molecule has 0 aliphatic carbocycles. The van der Waals surface area contributed by atoms with E-state index in [-0.39, 0.29) is 11.7 Å². The molecular formula is C11H11ClN2O4S. The molecule has 1 rings (SSSR count). The molecule has 1 aromatic carbocycles. The van der Waals surface area contributed by atoms with Crippen molar-refractivity contribution in [3.8, 4) is 0 Å². The highest BCUT2D eigenvalue weighted by atomic mass is 35.5. The van der Waals surface area contributed by atoms with Gasteiger partial charge < -0.3 is 4.90 Å². The van der Waals surface area contributed by atoms with Gasteiger partial charge in [-0.25, -0.2) is 4.79 Å². The Morgan fingerprint density at radius 2 is 2.11 bits per heavy atom. The molecule has 0 fully saturated rings. The Labute approximate surface area is 119 Å². The summed E-state index contributed by atoms with van der Waals surface area (Å²) in [5.41, 5.74) is 0.570. The molecule has 0 saturated carbocycles. The summed E-state index contributed by atoms with van der Waals surface area (Å²) in [6.07, 6.45) is -0.113. The molecule has 6 nitrogen and oxygen atoms in total. The van der Waals surface area contributed by atoms with Gasteiger partial charge in [-0.3, -0.25) is 9.63 Å². The van der Waals surface area contributed by atoms with Crippen LogP contribution in [0.4, 0.5) is 4.79 Å². The molecule has 0 aliphatic heterocycles. The van der Waals surface area contributed by atoms with E-state index >= 15 is 0 Å². The lowest BCUT2D eigenvalue weighted by Gasteiger charge is -2.10. The summed E-state index contributed by atoms with van der Waals surface area (Å²) in [6.45, 7) is 0. The fourth-order valence-corrected chi connectivity index (χ4v) is 2.15. The van der Waals surface area contributed by atoms with Gasteiger partial charge in [-0.1, -0.05) is 17.7 Å². The van der Waals surface area contributed by atoms with E-state index in [0.717, 1.165) is 11.8 Å². The molecule has 0 heterocycles. The number of hydrogen-bond acceptors (Lipinski definition) is 6. The number of benzene rings is 1. The van der Waals surface area contributed by atoms with E-state index in [1.54, 1.807) is 32.3 Å². The summed E-state index contributed by atoms with van der Waals surface area (Å²) in [6, 6.07) is 4.80. The van der Waals surface area contributed by atoms with Gasteiger partial charge in [0.05, 0.1) is 11.4 Å². The van der Waals surface area contributed by atoms with E-state index in [9.17, 15) is 14.5 Å². The van der Waals surface area contributed by atoms with Gasteiger partial charge in [0.25, 0.3) is 5.24 Å². The number of hydrogen-bond donors (Lipinski definition) is 0. The van der Waals surface area contributed by atoms with Crippen molar-refractivity contribution in [1.29, 1.82) is 0 Å². The van der Waals surface area contributed by atoms with Gasteiger partial charge in [0.2, 0.25) is 0 Å². The number of amides is 1. The van der Waals surface area contributed by atoms with Crippen molar-refractivity contribution in [2.75, 3.05) is 14.1 Å². The first-order valence-electron chi connectivity index (χ1n) is 5.14. The summed E-state index contributed by atoms with van der Waals surface area (Å²) >= 11 is 7.00. The molecule has 0 saturated heterocycles. The topological polar surface area (TPSA) is 76.0 Å². The molecule has 8 heteroatoms. The summed E-state index contributed by atoms with van der Waals surface area (Å²) in [7, 11) is 3.28. The zero-order chi connectivity index (χ0) is 14.4. The van der Waals surface area contributed by atoms with E-state index in [4.69, 9.17) is 11.6 Å². The van der Waals surface area contributed by atoms with Crippen LogP contribution in [0.3, 0.4) is 0 Å². The third-order valence-electron chi connectivity index (χ3n) is 2.05. The normalized spacial score (nSPS) is 9.84. The minimum atomic E-state index is -0.768. The molecule has 1 aromatic rings. The minimum Gasteiger partial charge on any atom is -0.339 e. The number of carbonyl (C=O) groups is 2. The van der Waals surface area contributed by atoms with Crippen LogP contribution in [0.5, 0.6) is 0 Å². The molecule has 0 unspecified atom stereocenters. The molecule has 102 valence electrons. The zero-order valence-electron chi connectivity index (χ0n) is 10.3. The smallest absolute Gasteiger partial charge is 0.339 e. The fourth-order valence-electron chi connectivity index (χ4n) is 1.16. The highest BCUT2D eigenvalue weighted by molar-refractivity contribution is 8.13. The average Bonchev–Trinajstić information content (AvgIpc) is 2.32. The van der Waals surface area contributed by atoms with Crippen LogP contribution in [0.1, 0.15) is 5.56 Å². The Kier molecular flexibility index (Phi) is 5.78. The first kappa shape index (κ1) is 15.5. The van der Waals surface area contributed by atoms with Crippen molar-refractivity contribution in [1.82, 2.24) is 4.90 Å². The molecule has 0 spiro atoms. The highest BCUT2D eigenvalue weighted by Crippen LogP contribution is 2.29. The highest BCUT2D eigenvalue weighted by Gasteiger charge is 2.12. The van der Waals surface area contributed by atoms with E-state index in [0.29, 0.717) is 15.5 Å². The summed E-state index contributed by atoms with van der Waals surface area (Å²) in [5, 5.41) is 2.24. The maximum absolute atomic E-state index is 11.5. The van der Waals surface area contributed by atoms with Crippen LogP contribution in [0.25, 0.3) is 0 Å². The lowest BCUT2D eigenvalue weighted by molar-refractivity contribution is -0.143. The van der Waals surface area contributed by atoms with E-state index in [1.165, 1.54) is 4.90 Å². The van der Waals surface area contributed by atoms with E-state index in [2.05, 4.69) is 4.84 Å². The minimum absolute atomic E-state index is 0.113. The predicted octanol–water partition coefficient (Wildman–Crippen LogP) is 2.88. The van der Waals surface area contributed by atoms with Gasteiger partial charge in [-0.15, -0.1) is 4.91 Å². The summed E-state index contributed by atoms with van der Waals surface area (Å²) in [4.78, 5) is 38.3. The second-order valence-electron chi connectivity index (χ2n) is 3.74. The maximum atomic E-state index is 11.5. The second-order valence-corrected chi connectivity index (χ2v) is 5.14. The van der Waals surface area contributed by atoms with Gasteiger partial charge in [-0.05, 0) is 29.5 Å². The van der Waals surface area contributed by atoms with Crippen molar-refractivity contribution in [2.24, 2.45) is 5.34 Å². The van der Waals surface area contributed by atoms with Gasteiger partial charge in [0, 0.05) is 19.0 Å². The Balaban J connectivity index is 2.77. The second kappa shape index (κ2) is 7.10. The first-order valence-corrected chi connectivity index (χ1v) is 6.33. The number of thioether (sulfide) groups is 1. The van der Waals surface area contributed by atoms with Crippen molar-refractivity contribution < 1.29 is 14.4 Å². The molecule has 0 radical (unpaired) electrons. The summed E-state index contributed by atoms with van der Waals surface area (Å²) < 4.78 is 0. The van der Waals surface area contributed by atoms with Crippen LogP contribution in [0.15, 0.2) is 28.4 Å². The van der Waals surface area contributed by atoms with Gasteiger partial charge in [0.1, 0.15) is 0 Å². The third kappa shape index (κ3) is 4.88. The van der Waals surface area contributed by atoms with Crippen LogP contribution in [-0.4, -0.2) is 30.2 Å². The Morgan fingerprint density at radius 1 is 1.42 bits per heavy atom. The third-order valence-corrected chi connectivity index (χ3v) is 3.59. The lowest BCUT2D eigenvalue weighted by atomic mass is 10.1. The van der Waals surface area contributed by atoms with Crippen molar-refractivity contribution in [3.05, 3.63) is 33.7 Å². The molecular weight excluding hydrogens is 292 g/mol. The Bertz CT molecular complexity index is 507. The first-order chi connectivity index (χ1) is 8.93. The van der Waals surface area contributed by atoms with Gasteiger partial charge in [0.15, 0.2) is 5.34 Å². The zero-order valence-corrected chi connectivity index (χ0v) is 11.8. The average molecular weight is 303 g/mol. The van der Waals surface area contributed by atoms with Crippen LogP contribution in [-0.2, 0) is 16.1 Å². The number of carbonyl (C=O) groups excluding carboxylic acids is 2. The van der Waals surface area contributed by atoms with Crippen LogP contribution < -0.4 is 0 Å². The molecule has 1 amide bonds. The molecule has 0 N–H and O–H groups in total. The summed E-state index contributed by atoms with van der Waals surface area (Å²) in [5.74, 6) is -0.768. The number of rotatable bonds is 4. The van der Waals surface area contributed by atoms with Crippen LogP contribution >= 0.6 is 23.4 Å². The Morgan fingerprint density at radius 3 is 2.63 bits per heavy atom. The van der Waals surface area contributed by atoms with E-state index < -0.39 is 5.97 Å².